The maximum absolute atomic E-state index is 13.7. The fourth-order valence-corrected chi connectivity index (χ4v) is 1.40. The van der Waals surface area contributed by atoms with Crippen molar-refractivity contribution in [2.75, 3.05) is 13.1 Å². The van der Waals surface area contributed by atoms with E-state index in [4.69, 9.17) is 0 Å². The minimum atomic E-state index is -1.10. The van der Waals surface area contributed by atoms with Crippen LogP contribution in [0.5, 0.6) is 0 Å². The van der Waals surface area contributed by atoms with Crippen molar-refractivity contribution in [1.29, 1.82) is 0 Å². The van der Waals surface area contributed by atoms with Crippen molar-refractivity contribution in [3.63, 3.8) is 0 Å². The van der Waals surface area contributed by atoms with Crippen LogP contribution >= 0.6 is 12.4 Å². The first kappa shape index (κ1) is 10.5. The van der Waals surface area contributed by atoms with Crippen molar-refractivity contribution in [2.45, 2.75) is 12.6 Å². The summed E-state index contributed by atoms with van der Waals surface area (Å²) in [6.45, 7) is 2.92. The molecule has 0 aromatic heterocycles. The molecule has 1 saturated heterocycles. The first-order valence-electron chi connectivity index (χ1n) is 4.17. The average Bonchev–Trinajstić information content (AvgIpc) is 2.02. The number of benzene rings is 1. The molecule has 1 nitrogen and oxygen atoms in total. The topological polar surface area (TPSA) is 12.0 Å². The summed E-state index contributed by atoms with van der Waals surface area (Å²) in [5.41, 5.74) is 0.870. The fourth-order valence-electron chi connectivity index (χ4n) is 1.40. The van der Waals surface area contributed by atoms with Gasteiger partial charge in [-0.05, 0) is 12.5 Å². The number of nitrogens with one attached hydrogen (secondary N) is 1. The molecule has 0 atom stereocenters. The number of hydrogen-bond acceptors (Lipinski definition) is 1. The number of hydrogen-bond donors (Lipinski definition) is 1. The Morgan fingerprint density at radius 2 is 1.77 bits per heavy atom. The van der Waals surface area contributed by atoms with Crippen molar-refractivity contribution in [3.8, 4) is 0 Å². The number of alkyl halides is 1. The smallest absolute Gasteiger partial charge is 0.160 e. The van der Waals surface area contributed by atoms with Gasteiger partial charge in [-0.3, -0.25) is 0 Å². The van der Waals surface area contributed by atoms with Crippen LogP contribution in [0.2, 0.25) is 0 Å². The van der Waals surface area contributed by atoms with Crippen LogP contribution in [0.4, 0.5) is 4.39 Å². The molecule has 0 radical (unpaired) electrons. The summed E-state index contributed by atoms with van der Waals surface area (Å²) in [5.74, 6) is 0. The fraction of sp³-hybridized carbons (Fsp3) is 0.400. The summed E-state index contributed by atoms with van der Waals surface area (Å²) in [6, 6.07) is 7.65. The van der Waals surface area contributed by atoms with Crippen LogP contribution in [-0.4, -0.2) is 13.1 Å². The normalized spacial score (nSPS) is 18.6. The standard InChI is InChI=1S/C10H12FN.ClH/c1-8-2-4-9(5-3-8)10(11)6-12-7-10;/h2-5,12H,6-7H2,1H3;1H. The molecule has 1 aromatic carbocycles. The van der Waals surface area contributed by atoms with E-state index >= 15 is 0 Å². The summed E-state index contributed by atoms with van der Waals surface area (Å²) >= 11 is 0. The molecule has 2 rings (SSSR count). The molecule has 0 unspecified atom stereocenters. The van der Waals surface area contributed by atoms with Crippen molar-refractivity contribution in [3.05, 3.63) is 35.4 Å². The molecule has 0 bridgehead atoms. The Morgan fingerprint density at radius 3 is 2.15 bits per heavy atom. The van der Waals surface area contributed by atoms with Crippen LogP contribution in [0.1, 0.15) is 11.1 Å². The van der Waals surface area contributed by atoms with Gasteiger partial charge < -0.3 is 5.32 Å². The van der Waals surface area contributed by atoms with Crippen molar-refractivity contribution in [1.82, 2.24) is 5.32 Å². The molecular formula is C10H13ClFN. The monoisotopic (exact) mass is 201 g/mol. The van der Waals surface area contributed by atoms with Crippen LogP contribution < -0.4 is 5.32 Å². The molecular weight excluding hydrogens is 189 g/mol. The van der Waals surface area contributed by atoms with E-state index in [2.05, 4.69) is 5.32 Å². The Balaban J connectivity index is 0.000000845. The quantitative estimate of drug-likeness (QED) is 0.735. The SMILES string of the molecule is Cc1ccc(C2(F)CNC2)cc1.Cl. The molecule has 0 amide bonds. The second-order valence-corrected chi connectivity index (χ2v) is 3.43. The number of halogens is 2. The molecule has 1 N–H and O–H groups in total. The molecule has 72 valence electrons. The first-order valence-corrected chi connectivity index (χ1v) is 4.17. The molecule has 1 aliphatic heterocycles. The Bertz CT molecular complexity index is 279. The largest absolute Gasteiger partial charge is 0.310 e. The maximum Gasteiger partial charge on any atom is 0.160 e. The van der Waals surface area contributed by atoms with Crippen molar-refractivity contribution in [2.24, 2.45) is 0 Å². The summed E-state index contributed by atoms with van der Waals surface area (Å²) in [7, 11) is 0. The summed E-state index contributed by atoms with van der Waals surface area (Å²) in [4.78, 5) is 0. The zero-order valence-electron chi connectivity index (χ0n) is 7.51. The van der Waals surface area contributed by atoms with Crippen LogP contribution in [0.3, 0.4) is 0 Å². The lowest BCUT2D eigenvalue weighted by Crippen LogP contribution is -2.53. The lowest BCUT2D eigenvalue weighted by molar-refractivity contribution is 0.0891. The van der Waals surface area contributed by atoms with Gasteiger partial charge in [-0.15, -0.1) is 12.4 Å². The third kappa shape index (κ3) is 1.84. The van der Waals surface area contributed by atoms with E-state index in [0.29, 0.717) is 13.1 Å². The zero-order valence-corrected chi connectivity index (χ0v) is 8.33. The molecule has 0 aliphatic carbocycles. The highest BCUT2D eigenvalue weighted by Gasteiger charge is 2.38. The van der Waals surface area contributed by atoms with Gasteiger partial charge in [0.15, 0.2) is 5.67 Å². The maximum atomic E-state index is 13.7. The molecule has 1 fully saturated rings. The summed E-state index contributed by atoms with van der Waals surface area (Å²) in [6.07, 6.45) is 0. The Kier molecular flexibility index (Phi) is 2.94. The Labute approximate surface area is 83.8 Å². The van der Waals surface area contributed by atoms with Crippen molar-refractivity contribution < 1.29 is 4.39 Å². The number of rotatable bonds is 1. The molecule has 3 heteroatoms. The number of aryl methyl sites for hydroxylation is 1. The molecule has 0 saturated carbocycles. The van der Waals surface area contributed by atoms with E-state index in [9.17, 15) is 4.39 Å². The summed E-state index contributed by atoms with van der Waals surface area (Å²) < 4.78 is 13.7. The van der Waals surface area contributed by atoms with Gasteiger partial charge in [-0.25, -0.2) is 4.39 Å². The molecule has 1 aromatic rings. The van der Waals surface area contributed by atoms with E-state index < -0.39 is 5.67 Å². The van der Waals surface area contributed by atoms with Gasteiger partial charge in [0.1, 0.15) is 0 Å². The third-order valence-electron chi connectivity index (χ3n) is 2.38. The van der Waals surface area contributed by atoms with Gasteiger partial charge in [0.25, 0.3) is 0 Å². The van der Waals surface area contributed by atoms with Crippen LogP contribution in [-0.2, 0) is 5.67 Å². The van der Waals surface area contributed by atoms with E-state index in [1.807, 2.05) is 31.2 Å². The second kappa shape index (κ2) is 3.64. The van der Waals surface area contributed by atoms with Crippen molar-refractivity contribution >= 4 is 12.4 Å². The van der Waals surface area contributed by atoms with Gasteiger partial charge in [0.05, 0.1) is 0 Å². The second-order valence-electron chi connectivity index (χ2n) is 3.43. The van der Waals surface area contributed by atoms with Gasteiger partial charge in [-0.2, -0.15) is 0 Å². The van der Waals surface area contributed by atoms with Gasteiger partial charge in [0, 0.05) is 13.1 Å². The van der Waals surface area contributed by atoms with E-state index in [1.165, 1.54) is 5.56 Å². The summed E-state index contributed by atoms with van der Waals surface area (Å²) in [5, 5.41) is 2.94. The van der Waals surface area contributed by atoms with Crippen LogP contribution in [0.25, 0.3) is 0 Å². The van der Waals surface area contributed by atoms with E-state index in [1.54, 1.807) is 0 Å². The zero-order chi connectivity index (χ0) is 8.60. The highest BCUT2D eigenvalue weighted by Crippen LogP contribution is 2.29. The van der Waals surface area contributed by atoms with Crippen LogP contribution in [0.15, 0.2) is 24.3 Å². The van der Waals surface area contributed by atoms with Gasteiger partial charge in [-0.1, -0.05) is 29.8 Å². The predicted octanol–water partition coefficient (Wildman–Crippen LogP) is 2.18. The first-order chi connectivity index (χ1) is 5.71. The lowest BCUT2D eigenvalue weighted by atomic mass is 9.90. The minimum Gasteiger partial charge on any atom is -0.310 e. The van der Waals surface area contributed by atoms with Gasteiger partial charge >= 0.3 is 0 Å². The molecule has 1 heterocycles. The third-order valence-corrected chi connectivity index (χ3v) is 2.38. The Hall–Kier alpha value is -0.600. The highest BCUT2D eigenvalue weighted by atomic mass is 35.5. The minimum absolute atomic E-state index is 0. The Morgan fingerprint density at radius 1 is 1.23 bits per heavy atom. The van der Waals surface area contributed by atoms with E-state index in [-0.39, 0.29) is 12.4 Å². The van der Waals surface area contributed by atoms with E-state index in [0.717, 1.165) is 5.56 Å². The lowest BCUT2D eigenvalue weighted by Gasteiger charge is -2.35. The average molecular weight is 202 g/mol. The molecule has 0 spiro atoms. The molecule has 13 heavy (non-hydrogen) atoms. The van der Waals surface area contributed by atoms with Crippen LogP contribution in [0, 0.1) is 6.92 Å². The predicted molar refractivity (Wildman–Crippen MR) is 54.1 cm³/mol. The molecule has 1 aliphatic rings. The highest BCUT2D eigenvalue weighted by molar-refractivity contribution is 5.85. The van der Waals surface area contributed by atoms with Gasteiger partial charge in [0.2, 0.25) is 0 Å².